The fourth-order valence-corrected chi connectivity index (χ4v) is 2.67. The molecular weight excluding hydrogens is 309 g/mol. The molecular formula is C16H11ClFNO3. The number of amides is 1. The first kappa shape index (κ1) is 14.5. The summed E-state index contributed by atoms with van der Waals surface area (Å²) in [5.74, 6) is -1.68. The van der Waals surface area contributed by atoms with E-state index in [1.165, 1.54) is 31.4 Å². The molecule has 0 bridgehead atoms. The van der Waals surface area contributed by atoms with Crippen molar-refractivity contribution in [3.8, 4) is 5.75 Å². The molecule has 0 radical (unpaired) electrons. The number of alkyl halides is 1. The summed E-state index contributed by atoms with van der Waals surface area (Å²) in [4.78, 5) is 24.8. The number of hydrogen-bond acceptors (Lipinski definition) is 3. The van der Waals surface area contributed by atoms with Crippen LogP contribution in [0.5, 0.6) is 5.75 Å². The lowest BCUT2D eigenvalue weighted by Gasteiger charge is -2.29. The van der Waals surface area contributed by atoms with E-state index in [9.17, 15) is 9.59 Å². The molecule has 0 spiro atoms. The number of Topliss-reactive ketones (excluding diaryl/α,β-unsaturated/α-hetero) is 1. The van der Waals surface area contributed by atoms with E-state index in [0.29, 0.717) is 5.75 Å². The molecule has 1 heterocycles. The molecule has 2 aromatic carbocycles. The Balaban J connectivity index is 2.18. The molecule has 1 atom stereocenters. The number of carbonyl (C=O) groups excluding carboxylic acids is 2. The summed E-state index contributed by atoms with van der Waals surface area (Å²) in [6, 6.07) is 10.3. The second-order valence-electron chi connectivity index (χ2n) is 4.84. The zero-order valence-electron chi connectivity index (χ0n) is 11.5. The van der Waals surface area contributed by atoms with Crippen LogP contribution in [0.15, 0.2) is 42.5 Å². The molecule has 3 rings (SSSR count). The number of methoxy groups -OCH3 is 1. The Kier molecular flexibility index (Phi) is 3.37. The number of carbonyl (C=O) groups is 2. The second-order valence-corrected chi connectivity index (χ2v) is 5.25. The van der Waals surface area contributed by atoms with Crippen molar-refractivity contribution in [3.63, 3.8) is 0 Å². The van der Waals surface area contributed by atoms with Crippen LogP contribution < -0.4 is 10.1 Å². The molecule has 2 aromatic rings. The van der Waals surface area contributed by atoms with Gasteiger partial charge in [-0.25, -0.2) is 4.39 Å². The normalized spacial score (nSPS) is 20.3. The van der Waals surface area contributed by atoms with E-state index in [-0.39, 0.29) is 21.8 Å². The Hall–Kier alpha value is -2.40. The van der Waals surface area contributed by atoms with Gasteiger partial charge >= 0.3 is 0 Å². The van der Waals surface area contributed by atoms with Crippen LogP contribution in [-0.2, 0) is 10.5 Å². The number of ether oxygens (including phenoxy) is 1. The van der Waals surface area contributed by atoms with Gasteiger partial charge < -0.3 is 10.1 Å². The largest absolute Gasteiger partial charge is 0.495 e. The quantitative estimate of drug-likeness (QED) is 0.864. The predicted octanol–water partition coefficient (Wildman–Crippen LogP) is 3.35. The van der Waals surface area contributed by atoms with E-state index in [4.69, 9.17) is 16.3 Å². The van der Waals surface area contributed by atoms with Crippen LogP contribution in [0, 0.1) is 0 Å². The molecule has 0 unspecified atom stereocenters. The van der Waals surface area contributed by atoms with Crippen molar-refractivity contribution in [1.29, 1.82) is 0 Å². The maximum absolute atomic E-state index is 15.2. The first-order valence-electron chi connectivity index (χ1n) is 6.46. The SMILES string of the molecule is COc1cc2c(cc1Cl)C(=O)[C@@](F)(c1ccccc1)C(=O)N2. The Labute approximate surface area is 130 Å². The first-order valence-corrected chi connectivity index (χ1v) is 6.84. The lowest BCUT2D eigenvalue weighted by atomic mass is 9.83. The van der Waals surface area contributed by atoms with Crippen molar-refractivity contribution in [3.05, 3.63) is 58.6 Å². The fraction of sp³-hybridized carbons (Fsp3) is 0.125. The highest BCUT2D eigenvalue weighted by Crippen LogP contribution is 2.41. The van der Waals surface area contributed by atoms with Crippen LogP contribution in [0.2, 0.25) is 5.02 Å². The van der Waals surface area contributed by atoms with Crippen molar-refractivity contribution in [2.75, 3.05) is 12.4 Å². The van der Waals surface area contributed by atoms with Crippen molar-refractivity contribution in [2.24, 2.45) is 0 Å². The maximum Gasteiger partial charge on any atom is 0.275 e. The van der Waals surface area contributed by atoms with Gasteiger partial charge in [-0.3, -0.25) is 9.59 Å². The van der Waals surface area contributed by atoms with Gasteiger partial charge in [-0.05, 0) is 6.07 Å². The maximum atomic E-state index is 15.2. The summed E-state index contributed by atoms with van der Waals surface area (Å²) in [5, 5.41) is 2.58. The van der Waals surface area contributed by atoms with Crippen LogP contribution in [0.25, 0.3) is 0 Å². The highest BCUT2D eigenvalue weighted by Gasteiger charge is 2.52. The summed E-state index contributed by atoms with van der Waals surface area (Å²) < 4.78 is 20.3. The number of nitrogens with one attached hydrogen (secondary N) is 1. The van der Waals surface area contributed by atoms with Gasteiger partial charge in [0.2, 0.25) is 5.78 Å². The molecule has 1 N–H and O–H groups in total. The monoisotopic (exact) mass is 319 g/mol. The Morgan fingerprint density at radius 2 is 1.86 bits per heavy atom. The van der Waals surface area contributed by atoms with Crippen LogP contribution in [0.4, 0.5) is 10.1 Å². The minimum absolute atomic E-state index is 0.0109. The molecule has 0 saturated heterocycles. The van der Waals surface area contributed by atoms with E-state index >= 15 is 4.39 Å². The van der Waals surface area contributed by atoms with Crippen molar-refractivity contribution in [1.82, 2.24) is 0 Å². The topological polar surface area (TPSA) is 55.4 Å². The molecule has 0 aromatic heterocycles. The summed E-state index contributed by atoms with van der Waals surface area (Å²) in [6.45, 7) is 0. The number of hydrogen-bond donors (Lipinski definition) is 1. The lowest BCUT2D eigenvalue weighted by molar-refractivity contribution is -0.125. The van der Waals surface area contributed by atoms with E-state index < -0.39 is 17.4 Å². The molecule has 4 nitrogen and oxygen atoms in total. The number of halogens is 2. The number of anilines is 1. The van der Waals surface area contributed by atoms with Gasteiger partial charge in [0, 0.05) is 17.2 Å². The molecule has 0 aliphatic carbocycles. The third-order valence-corrected chi connectivity index (χ3v) is 3.88. The summed E-state index contributed by atoms with van der Waals surface area (Å²) >= 11 is 5.99. The van der Waals surface area contributed by atoms with Gasteiger partial charge in [-0.1, -0.05) is 41.9 Å². The Morgan fingerprint density at radius 3 is 2.50 bits per heavy atom. The molecule has 0 fully saturated rings. The predicted molar refractivity (Wildman–Crippen MR) is 80.2 cm³/mol. The smallest absolute Gasteiger partial charge is 0.275 e. The number of fused-ring (bicyclic) bond motifs is 1. The highest BCUT2D eigenvalue weighted by molar-refractivity contribution is 6.34. The van der Waals surface area contributed by atoms with Gasteiger partial charge in [0.1, 0.15) is 5.75 Å². The second kappa shape index (κ2) is 5.10. The van der Waals surface area contributed by atoms with Gasteiger partial charge in [0.05, 0.1) is 17.8 Å². The molecule has 1 amide bonds. The van der Waals surface area contributed by atoms with E-state index in [1.807, 2.05) is 0 Å². The molecule has 1 aliphatic heterocycles. The average Bonchev–Trinajstić information content (AvgIpc) is 2.54. The van der Waals surface area contributed by atoms with Crippen LogP contribution in [0.1, 0.15) is 15.9 Å². The van der Waals surface area contributed by atoms with Crippen molar-refractivity contribution >= 4 is 29.0 Å². The summed E-state index contributed by atoms with van der Waals surface area (Å²) in [6.07, 6.45) is 0. The minimum Gasteiger partial charge on any atom is -0.495 e. The van der Waals surface area contributed by atoms with Crippen molar-refractivity contribution in [2.45, 2.75) is 5.67 Å². The van der Waals surface area contributed by atoms with Gasteiger partial charge in [-0.15, -0.1) is 0 Å². The van der Waals surface area contributed by atoms with Gasteiger partial charge in [0.25, 0.3) is 11.6 Å². The molecule has 1 aliphatic rings. The number of ketones is 1. The first-order chi connectivity index (χ1) is 10.5. The third-order valence-electron chi connectivity index (χ3n) is 3.58. The van der Waals surface area contributed by atoms with Crippen LogP contribution >= 0.6 is 11.6 Å². The minimum atomic E-state index is -2.77. The van der Waals surface area contributed by atoms with Crippen molar-refractivity contribution < 1.29 is 18.7 Å². The lowest BCUT2D eigenvalue weighted by Crippen LogP contribution is -2.47. The van der Waals surface area contributed by atoms with Gasteiger partial charge in [0.15, 0.2) is 0 Å². The summed E-state index contributed by atoms with van der Waals surface area (Å²) in [7, 11) is 1.41. The molecule has 0 saturated carbocycles. The van der Waals surface area contributed by atoms with E-state index in [1.54, 1.807) is 18.2 Å². The van der Waals surface area contributed by atoms with Crippen LogP contribution in [0.3, 0.4) is 0 Å². The van der Waals surface area contributed by atoms with Crippen LogP contribution in [-0.4, -0.2) is 18.8 Å². The Morgan fingerprint density at radius 1 is 1.18 bits per heavy atom. The zero-order valence-corrected chi connectivity index (χ0v) is 12.3. The molecule has 22 heavy (non-hydrogen) atoms. The standard InChI is InChI=1S/C16H11ClFNO3/c1-22-13-8-12-10(7-11(13)17)14(20)16(18,15(21)19-12)9-5-3-2-4-6-9/h2-8H,1H3,(H,19,21)/t16-/m0/s1. The Bertz CT molecular complexity index is 778. The average molecular weight is 320 g/mol. The number of benzene rings is 2. The van der Waals surface area contributed by atoms with E-state index in [2.05, 4.69) is 5.32 Å². The molecule has 6 heteroatoms. The van der Waals surface area contributed by atoms with E-state index in [0.717, 1.165) is 0 Å². The fourth-order valence-electron chi connectivity index (χ4n) is 2.43. The number of rotatable bonds is 2. The zero-order chi connectivity index (χ0) is 15.9. The third kappa shape index (κ3) is 1.97. The van der Waals surface area contributed by atoms with Gasteiger partial charge in [-0.2, -0.15) is 0 Å². The highest BCUT2D eigenvalue weighted by atomic mass is 35.5. The summed E-state index contributed by atoms with van der Waals surface area (Å²) in [5.41, 5.74) is -2.60. The molecule has 112 valence electrons.